The van der Waals surface area contributed by atoms with E-state index in [0.717, 1.165) is 10.4 Å². The van der Waals surface area contributed by atoms with Gasteiger partial charge < -0.3 is 11.1 Å². The first-order chi connectivity index (χ1) is 12.2. The van der Waals surface area contributed by atoms with E-state index in [1.807, 2.05) is 27.7 Å². The molecule has 0 atom stereocenters. The molecule has 2 aromatic rings. The number of rotatable bonds is 8. The Morgan fingerprint density at radius 1 is 1.23 bits per heavy atom. The lowest BCUT2D eigenvalue weighted by molar-refractivity contribution is 0.326. The van der Waals surface area contributed by atoms with E-state index in [1.165, 1.54) is 15.9 Å². The monoisotopic (exact) mass is 384 g/mol. The predicted molar refractivity (Wildman–Crippen MR) is 106 cm³/mol. The van der Waals surface area contributed by atoms with Crippen LogP contribution in [0.2, 0.25) is 0 Å². The molecule has 0 saturated heterocycles. The molecule has 0 fully saturated rings. The second kappa shape index (κ2) is 8.45. The lowest BCUT2D eigenvalue weighted by Crippen LogP contribution is -2.42. The van der Waals surface area contributed by atoms with Gasteiger partial charge >= 0.3 is 5.69 Å². The third kappa shape index (κ3) is 4.42. The van der Waals surface area contributed by atoms with Crippen LogP contribution < -0.4 is 22.3 Å². The van der Waals surface area contributed by atoms with Gasteiger partial charge in [-0.15, -0.1) is 11.3 Å². The Morgan fingerprint density at radius 2 is 1.92 bits per heavy atom. The Morgan fingerprint density at radius 3 is 2.50 bits per heavy atom. The highest BCUT2D eigenvalue weighted by Crippen LogP contribution is 2.28. The molecule has 2 aromatic heterocycles. The van der Waals surface area contributed by atoms with Crippen molar-refractivity contribution in [1.82, 2.24) is 14.5 Å². The Kier molecular flexibility index (Phi) is 6.76. The summed E-state index contributed by atoms with van der Waals surface area (Å²) in [4.78, 5) is 27.7. The number of fused-ring (bicyclic) bond motifs is 1. The highest BCUT2D eigenvalue weighted by Gasteiger charge is 2.22. The lowest BCUT2D eigenvalue weighted by atomic mass is 9.97. The Labute approximate surface area is 156 Å². The Balaban J connectivity index is 2.69. The molecule has 0 aromatic carbocycles. The number of hydrogen-bond acceptors (Lipinski definition) is 5. The van der Waals surface area contributed by atoms with Crippen molar-refractivity contribution in [2.45, 2.75) is 53.8 Å². The highest BCUT2D eigenvalue weighted by atomic mass is 32.1. The van der Waals surface area contributed by atoms with Crippen LogP contribution in [-0.4, -0.2) is 28.9 Å². The summed E-state index contributed by atoms with van der Waals surface area (Å²) in [5, 5.41) is 3.80. The van der Waals surface area contributed by atoms with Gasteiger partial charge in [0, 0.05) is 37.6 Å². The van der Waals surface area contributed by atoms with Crippen molar-refractivity contribution in [3.8, 4) is 0 Å². The van der Waals surface area contributed by atoms with Gasteiger partial charge in [0.05, 0.1) is 12.1 Å². The van der Waals surface area contributed by atoms with E-state index in [4.69, 9.17) is 5.73 Å². The largest absolute Gasteiger partial charge is 0.332 e. The minimum Gasteiger partial charge on any atom is -0.329 e. The number of aryl methyl sites for hydroxylation is 2. The van der Waals surface area contributed by atoms with Gasteiger partial charge in [-0.3, -0.25) is 18.3 Å². The molecule has 146 valence electrons. The molecule has 26 heavy (non-hydrogen) atoms. The van der Waals surface area contributed by atoms with Crippen LogP contribution in [0.5, 0.6) is 0 Å². The van der Waals surface area contributed by atoms with Gasteiger partial charge in [0.25, 0.3) is 5.56 Å². The molecule has 0 aliphatic rings. The summed E-state index contributed by atoms with van der Waals surface area (Å²) >= 11 is 1.43. The molecule has 0 aliphatic carbocycles. The first kappa shape index (κ1) is 20.8. The number of nitrogens with one attached hydrogen (secondary N) is 1. The molecule has 0 unspecified atom stereocenters. The maximum atomic E-state index is 13.1. The average Bonchev–Trinajstić information content (AvgIpc) is 2.88. The first-order valence-corrected chi connectivity index (χ1v) is 9.75. The van der Waals surface area contributed by atoms with Crippen LogP contribution in [0.3, 0.4) is 0 Å². The summed E-state index contributed by atoms with van der Waals surface area (Å²) in [6, 6.07) is 0. The molecule has 0 radical (unpaired) electrons. The summed E-state index contributed by atoms with van der Waals surface area (Å²) in [6.45, 7) is 9.76. The van der Waals surface area contributed by atoms with Gasteiger partial charge in [0.15, 0.2) is 0 Å². The zero-order chi connectivity index (χ0) is 19.5. The van der Waals surface area contributed by atoms with Crippen LogP contribution in [0.4, 0.5) is 4.39 Å². The van der Waals surface area contributed by atoms with Crippen LogP contribution in [0.15, 0.2) is 9.59 Å². The zero-order valence-electron chi connectivity index (χ0n) is 16.0. The first-order valence-electron chi connectivity index (χ1n) is 8.93. The predicted octanol–water partition coefficient (Wildman–Crippen LogP) is 1.99. The maximum Gasteiger partial charge on any atom is 0.332 e. The number of halogens is 1. The molecule has 0 aliphatic heterocycles. The molecular weight excluding hydrogens is 355 g/mol. The second-order valence-corrected chi connectivity index (χ2v) is 8.81. The van der Waals surface area contributed by atoms with Crippen molar-refractivity contribution in [2.24, 2.45) is 11.1 Å². The second-order valence-electron chi connectivity index (χ2n) is 7.72. The molecule has 0 saturated carbocycles. The standard InChI is InChI=1S/C18H29FN4O2S/c1-12-13(10-21-8-7-20)26-16-14(12)15(24)23(11-18(2,3)4)17(25)22(16)9-5-6-19/h21H,5-11,20H2,1-4H3. The molecule has 0 spiro atoms. The quantitative estimate of drug-likeness (QED) is 0.682. The summed E-state index contributed by atoms with van der Waals surface area (Å²) in [5.41, 5.74) is 5.57. The zero-order valence-corrected chi connectivity index (χ0v) is 16.8. The Bertz CT molecular complexity index is 876. The van der Waals surface area contributed by atoms with Gasteiger partial charge in [-0.1, -0.05) is 20.8 Å². The number of hydrogen-bond donors (Lipinski definition) is 2. The van der Waals surface area contributed by atoms with Crippen molar-refractivity contribution in [3.63, 3.8) is 0 Å². The summed E-state index contributed by atoms with van der Waals surface area (Å²) in [6.07, 6.45) is 0.250. The van der Waals surface area contributed by atoms with Crippen LogP contribution in [0.25, 0.3) is 10.2 Å². The molecule has 0 bridgehead atoms. The van der Waals surface area contributed by atoms with Crippen molar-refractivity contribution < 1.29 is 4.39 Å². The van der Waals surface area contributed by atoms with Crippen molar-refractivity contribution in [3.05, 3.63) is 31.3 Å². The molecular formula is C18H29FN4O2S. The molecule has 6 nitrogen and oxygen atoms in total. The molecule has 2 rings (SSSR count). The average molecular weight is 385 g/mol. The van der Waals surface area contributed by atoms with Crippen molar-refractivity contribution in [2.75, 3.05) is 19.8 Å². The minimum atomic E-state index is -0.498. The molecule has 3 N–H and O–H groups in total. The normalized spacial score (nSPS) is 12.2. The molecule has 8 heteroatoms. The highest BCUT2D eigenvalue weighted by molar-refractivity contribution is 7.18. The number of nitrogens with two attached hydrogens (primary N) is 1. The van der Waals surface area contributed by atoms with Gasteiger partial charge in [-0.25, -0.2) is 4.79 Å². The van der Waals surface area contributed by atoms with E-state index < -0.39 is 6.67 Å². The van der Waals surface area contributed by atoms with E-state index in [0.29, 0.717) is 36.4 Å². The van der Waals surface area contributed by atoms with Crippen molar-refractivity contribution >= 4 is 21.6 Å². The van der Waals surface area contributed by atoms with E-state index in [-0.39, 0.29) is 29.6 Å². The van der Waals surface area contributed by atoms with Gasteiger partial charge in [-0.2, -0.15) is 0 Å². The van der Waals surface area contributed by atoms with Crippen LogP contribution >= 0.6 is 11.3 Å². The van der Waals surface area contributed by atoms with Crippen LogP contribution in [0.1, 0.15) is 37.6 Å². The lowest BCUT2D eigenvalue weighted by Gasteiger charge is -2.20. The summed E-state index contributed by atoms with van der Waals surface area (Å²) < 4.78 is 15.6. The minimum absolute atomic E-state index is 0.218. The number of aromatic nitrogens is 2. The Hall–Kier alpha value is -1.51. The number of nitrogens with zero attached hydrogens (tertiary/aromatic N) is 2. The fourth-order valence-electron chi connectivity index (χ4n) is 2.94. The van der Waals surface area contributed by atoms with Crippen molar-refractivity contribution in [1.29, 1.82) is 0 Å². The fourth-order valence-corrected chi connectivity index (χ4v) is 4.23. The van der Waals surface area contributed by atoms with Gasteiger partial charge in [0.2, 0.25) is 0 Å². The summed E-state index contributed by atoms with van der Waals surface area (Å²) in [7, 11) is 0. The number of alkyl halides is 1. The topological polar surface area (TPSA) is 82.1 Å². The van der Waals surface area contributed by atoms with E-state index in [2.05, 4.69) is 5.32 Å². The third-order valence-corrected chi connectivity index (χ3v) is 5.46. The van der Waals surface area contributed by atoms with Crippen LogP contribution in [0, 0.1) is 12.3 Å². The fraction of sp³-hybridized carbons (Fsp3) is 0.667. The van der Waals surface area contributed by atoms with Gasteiger partial charge in [0.1, 0.15) is 4.83 Å². The van der Waals surface area contributed by atoms with E-state index in [9.17, 15) is 14.0 Å². The van der Waals surface area contributed by atoms with E-state index in [1.54, 1.807) is 4.57 Å². The molecule has 2 heterocycles. The van der Waals surface area contributed by atoms with Gasteiger partial charge in [-0.05, 0) is 24.3 Å². The molecule has 0 amide bonds. The summed E-state index contributed by atoms with van der Waals surface area (Å²) in [5.74, 6) is 0. The smallest absolute Gasteiger partial charge is 0.329 e. The van der Waals surface area contributed by atoms with E-state index >= 15 is 0 Å². The maximum absolute atomic E-state index is 13.1. The SMILES string of the molecule is Cc1c(CNCCN)sc2c1c(=O)n(CC(C)(C)C)c(=O)n2CCCF. The third-order valence-electron chi connectivity index (χ3n) is 4.15. The number of thiophene rings is 1. The van der Waals surface area contributed by atoms with Crippen LogP contribution in [-0.2, 0) is 19.6 Å².